The van der Waals surface area contributed by atoms with Crippen LogP contribution in [-0.4, -0.2) is 0 Å². The second-order valence-electron chi connectivity index (χ2n) is 0.383. The van der Waals surface area contributed by atoms with Crippen LogP contribution in [0.1, 0.15) is 6.92 Å². The van der Waals surface area contributed by atoms with E-state index < -0.39 is 43.9 Å². The van der Waals surface area contributed by atoms with Crippen molar-refractivity contribution in [1.29, 1.82) is 5.26 Å². The number of hydrogen-bond acceptors (Lipinski definition) is 2. The second kappa shape index (κ2) is 9.87. The summed E-state index contributed by atoms with van der Waals surface area (Å²) in [6.45, 7) is 1.43. The Morgan fingerprint density at radius 1 is 1.71 bits per heavy atom. The molecule has 0 radical (unpaired) electrons. The molecule has 7 heavy (non-hydrogen) atoms. The minimum atomic E-state index is -4.42. The standard InChI is InChI=1S/C2H3N.F2OXe/c1-2-3;1-4(2)3/h1H3;. The van der Waals surface area contributed by atoms with Gasteiger partial charge in [-0.1, -0.05) is 0 Å². The van der Waals surface area contributed by atoms with E-state index in [4.69, 9.17) is 5.30 Å². The number of rotatable bonds is 0. The molecule has 0 aliphatic rings. The third kappa shape index (κ3) is 288. The van der Waals surface area contributed by atoms with Gasteiger partial charge in [-0.05, 0) is 0 Å². The molecule has 0 saturated carbocycles. The monoisotopic (exact) mass is 227 g/mol. The van der Waals surface area contributed by atoms with Crippen LogP contribution in [0.4, 0.5) is 0.167 Å². The fourth-order valence-corrected chi connectivity index (χ4v) is 0. The molecular weight excluding hydrogens is 223 g/mol. The zero-order chi connectivity index (χ0) is 6.28. The molecule has 0 rings (SSSR count). The predicted molar refractivity (Wildman–Crippen MR) is 14.2 cm³/mol. The summed E-state index contributed by atoms with van der Waals surface area (Å²) >= 11 is -4.42. The minimum absolute atomic E-state index is 1.43. The summed E-state index contributed by atoms with van der Waals surface area (Å²) in [6, 6.07) is 1.75. The topological polar surface area (TPSA) is 40.9 Å². The van der Waals surface area contributed by atoms with E-state index in [9.17, 15) is 0.167 Å². The van der Waals surface area contributed by atoms with Crippen LogP contribution in [0.3, 0.4) is 0 Å². The summed E-state index contributed by atoms with van der Waals surface area (Å²) in [5, 5.41) is 7.32. The molecule has 0 N–H and O–H groups in total. The van der Waals surface area contributed by atoms with Gasteiger partial charge in [0, 0.05) is 6.92 Å². The van der Waals surface area contributed by atoms with E-state index in [0.29, 0.717) is 0 Å². The Labute approximate surface area is 61.3 Å². The Morgan fingerprint density at radius 2 is 1.71 bits per heavy atom. The van der Waals surface area contributed by atoms with Gasteiger partial charge in [0.2, 0.25) is 0 Å². The van der Waals surface area contributed by atoms with Crippen LogP contribution in [0.25, 0.3) is 0 Å². The van der Waals surface area contributed by atoms with E-state index in [1.165, 1.54) is 6.92 Å². The van der Waals surface area contributed by atoms with Crippen molar-refractivity contribution in [3.05, 3.63) is 0 Å². The van der Waals surface area contributed by atoms with Crippen LogP contribution >= 0.6 is 0 Å². The van der Waals surface area contributed by atoms with E-state index in [1.54, 1.807) is 6.07 Å². The Bertz CT molecular complexity index is 84.2. The first kappa shape index (κ1) is 10.7. The summed E-state index contributed by atoms with van der Waals surface area (Å²) in [4.78, 5) is 0. The van der Waals surface area contributed by atoms with Crippen molar-refractivity contribution in [2.75, 3.05) is 0 Å². The van der Waals surface area contributed by atoms with Crippen molar-refractivity contribution >= 4 is 0 Å². The summed E-state index contributed by atoms with van der Waals surface area (Å²) in [6.07, 6.45) is 0. The molecule has 0 saturated heterocycles. The first-order valence-corrected chi connectivity index (χ1v) is 3.48. The van der Waals surface area contributed by atoms with Crippen LogP contribution < -0.4 is 0 Å². The molecule has 0 atom stereocenters. The maximum atomic E-state index is 9.92. The molecule has 0 aliphatic heterocycles. The van der Waals surface area contributed by atoms with Crippen LogP contribution in [0.5, 0.6) is 0 Å². The quantitative estimate of drug-likeness (QED) is 0.624. The SMILES string of the molecule is CC#N.O=[Xe](F)F. The van der Waals surface area contributed by atoms with E-state index in [1.807, 2.05) is 0 Å². The van der Waals surface area contributed by atoms with Gasteiger partial charge in [0.1, 0.15) is 0 Å². The van der Waals surface area contributed by atoms with Crippen LogP contribution in [0.2, 0.25) is 0 Å². The number of nitriles is 1. The molecule has 0 aromatic rings. The van der Waals surface area contributed by atoms with Gasteiger partial charge in [-0.2, -0.15) is 5.26 Å². The van der Waals surface area contributed by atoms with E-state index >= 15 is 0 Å². The van der Waals surface area contributed by atoms with Gasteiger partial charge in [0.25, 0.3) is 0 Å². The molecule has 0 aromatic carbocycles. The summed E-state index contributed by atoms with van der Waals surface area (Å²) in [7, 11) is 0. The van der Waals surface area contributed by atoms with Gasteiger partial charge in [-0.15, -0.1) is 0 Å². The fourth-order valence-electron chi connectivity index (χ4n) is 0. The Balaban J connectivity index is 0. The van der Waals surface area contributed by atoms with Crippen LogP contribution in [0, 0.1) is 55.2 Å². The summed E-state index contributed by atoms with van der Waals surface area (Å²) < 4.78 is 28.2. The van der Waals surface area contributed by atoms with E-state index in [2.05, 4.69) is 0 Å². The average Bonchev–Trinajstić information content (AvgIpc) is 1.33. The molecule has 0 heterocycles. The predicted octanol–water partition coefficient (Wildman–Crippen LogP) is 1.25. The molecule has 0 aromatic heterocycles. The van der Waals surface area contributed by atoms with Gasteiger partial charge >= 0.3 is 44.1 Å². The van der Waals surface area contributed by atoms with Crippen molar-refractivity contribution in [2.24, 2.45) is 0 Å². The molecule has 0 amide bonds. The Hall–Kier alpha value is 0.721. The van der Waals surface area contributed by atoms with E-state index in [-0.39, 0.29) is 0 Å². The molecule has 0 aliphatic carbocycles. The molecule has 0 bridgehead atoms. The molecular formula is C2H3F2NOXe. The molecule has 44 valence electrons. The maximum absolute atomic E-state index is 9.92. The van der Waals surface area contributed by atoms with Crippen LogP contribution in [0.15, 0.2) is 0 Å². The fraction of sp³-hybridized carbons (Fsp3) is 0.500. The van der Waals surface area contributed by atoms with Crippen molar-refractivity contribution in [3.8, 4) is 6.07 Å². The normalized spacial score (nSPS) is 7.43. The first-order chi connectivity index (χ1) is 3.15. The summed E-state index contributed by atoms with van der Waals surface area (Å²) in [5.41, 5.74) is 0. The number of hydrogen-bond donors (Lipinski definition) is 0. The van der Waals surface area contributed by atoms with Crippen molar-refractivity contribution < 1.29 is 44.1 Å². The third-order valence-corrected chi connectivity index (χ3v) is 0. The summed E-state index contributed by atoms with van der Waals surface area (Å²) in [5.74, 6) is 0. The molecule has 0 fully saturated rings. The van der Waals surface area contributed by atoms with Crippen molar-refractivity contribution in [1.82, 2.24) is 0 Å². The Morgan fingerprint density at radius 3 is 1.71 bits per heavy atom. The molecule has 5 heteroatoms. The van der Waals surface area contributed by atoms with Gasteiger partial charge < -0.3 is 0 Å². The van der Waals surface area contributed by atoms with Gasteiger partial charge in [0.05, 0.1) is 6.07 Å². The van der Waals surface area contributed by atoms with Crippen molar-refractivity contribution in [3.63, 3.8) is 0 Å². The van der Waals surface area contributed by atoms with Crippen LogP contribution in [-0.2, 0) is 0.0399 Å². The van der Waals surface area contributed by atoms with Gasteiger partial charge in [-0.3, -0.25) is 0 Å². The zero-order valence-corrected chi connectivity index (χ0v) is 5.48. The van der Waals surface area contributed by atoms with Gasteiger partial charge in [0.15, 0.2) is 0 Å². The second-order valence-corrected chi connectivity index (χ2v) is 1.29. The molecule has 0 unspecified atom stereocenters. The first-order valence-electron chi connectivity index (χ1n) is 1.14. The van der Waals surface area contributed by atoms with Crippen molar-refractivity contribution in [2.45, 2.75) is 6.92 Å². The number of halogens is 2. The molecule has 2 nitrogen and oxygen atoms in total. The van der Waals surface area contributed by atoms with Gasteiger partial charge in [-0.25, -0.2) is 0 Å². The number of nitrogens with zero attached hydrogens (tertiary/aromatic N) is 1. The molecule has 0 spiro atoms. The third-order valence-electron chi connectivity index (χ3n) is 0. The van der Waals surface area contributed by atoms with E-state index in [0.717, 1.165) is 0 Å². The average molecular weight is 226 g/mol. The zero-order valence-electron chi connectivity index (χ0n) is 3.46. The Kier molecular flexibility index (Phi) is 15.0.